The topological polar surface area (TPSA) is 99.1 Å². The van der Waals surface area contributed by atoms with E-state index >= 15 is 0 Å². The molecule has 1 aromatic carbocycles. The molecule has 0 N–H and O–H groups in total. The van der Waals surface area contributed by atoms with E-state index in [0.29, 0.717) is 26.1 Å². The van der Waals surface area contributed by atoms with E-state index in [4.69, 9.17) is 4.74 Å². The van der Waals surface area contributed by atoms with Crippen molar-refractivity contribution in [2.24, 2.45) is 10.3 Å². The minimum absolute atomic E-state index is 0.00300. The summed E-state index contributed by atoms with van der Waals surface area (Å²) in [6.07, 6.45) is 6.24. The number of alkyl halides is 2. The maximum Gasteiger partial charge on any atom is 0.387 e. The van der Waals surface area contributed by atoms with Gasteiger partial charge in [0.15, 0.2) is 9.84 Å². The van der Waals surface area contributed by atoms with Crippen molar-refractivity contribution < 1.29 is 35.1 Å². The maximum absolute atomic E-state index is 12.6. The summed E-state index contributed by atoms with van der Waals surface area (Å²) in [5, 5.41) is -1.05. The minimum atomic E-state index is -4.04. The first-order valence-corrected chi connectivity index (χ1v) is 12.8. The van der Waals surface area contributed by atoms with Gasteiger partial charge in [-0.25, -0.2) is 16.8 Å². The largest absolute Gasteiger partial charge is 0.434 e. The summed E-state index contributed by atoms with van der Waals surface area (Å²) < 4.78 is 88.5. The monoisotopic (exact) mass is 475 g/mol. The second kappa shape index (κ2) is 10.0. The molecule has 1 saturated heterocycles. The first-order valence-electron chi connectivity index (χ1n) is 9.69. The van der Waals surface area contributed by atoms with Gasteiger partial charge in [0.05, 0.1) is 16.9 Å². The second-order valence-corrected chi connectivity index (χ2v) is 11.1. The molecule has 0 radical (unpaired) electrons. The number of halogens is 2. The van der Waals surface area contributed by atoms with E-state index in [-0.39, 0.29) is 34.3 Å². The predicted octanol–water partition coefficient (Wildman–Crippen LogP) is 3.09. The van der Waals surface area contributed by atoms with E-state index < -0.39 is 31.7 Å². The molecule has 0 amide bonds. The number of hydrogen-bond acceptors (Lipinski definition) is 6. The highest BCUT2D eigenvalue weighted by molar-refractivity contribution is 7.95. The van der Waals surface area contributed by atoms with Gasteiger partial charge in [-0.3, -0.25) is 0 Å². The third kappa shape index (κ3) is 6.44. The third-order valence-electron chi connectivity index (χ3n) is 5.04. The molecule has 1 fully saturated rings. The van der Waals surface area contributed by atoms with Crippen LogP contribution in [0.25, 0.3) is 0 Å². The highest BCUT2D eigenvalue weighted by Gasteiger charge is 2.29. The molecule has 1 aromatic rings. The lowest BCUT2D eigenvalue weighted by atomic mass is 10.0. The van der Waals surface area contributed by atoms with Gasteiger partial charge in [-0.2, -0.15) is 13.2 Å². The Morgan fingerprint density at radius 2 is 1.87 bits per heavy atom. The van der Waals surface area contributed by atoms with Gasteiger partial charge in [0.2, 0.25) is 0 Å². The second-order valence-electron chi connectivity index (χ2n) is 7.24. The van der Waals surface area contributed by atoms with Crippen LogP contribution in [0.1, 0.15) is 24.8 Å². The zero-order valence-corrected chi connectivity index (χ0v) is 18.2. The van der Waals surface area contributed by atoms with Gasteiger partial charge in [0, 0.05) is 18.8 Å². The van der Waals surface area contributed by atoms with Gasteiger partial charge in [-0.05, 0) is 43.4 Å². The number of ether oxygens (including phenoxy) is 2. The van der Waals surface area contributed by atoms with Crippen LogP contribution in [0.3, 0.4) is 0 Å². The Balaban J connectivity index is 1.68. The number of allylic oxidation sites excluding steroid dienone is 2. The van der Waals surface area contributed by atoms with Crippen LogP contribution < -0.4 is 4.74 Å². The molecule has 0 saturated carbocycles. The fourth-order valence-electron chi connectivity index (χ4n) is 3.35. The molecule has 1 aliphatic carbocycles. The van der Waals surface area contributed by atoms with Crippen molar-refractivity contribution in [3.63, 3.8) is 0 Å². The van der Waals surface area contributed by atoms with Crippen LogP contribution in [0.2, 0.25) is 0 Å². The average Bonchev–Trinajstić information content (AvgIpc) is 2.73. The molecule has 2 aliphatic rings. The molecule has 170 valence electrons. The molecule has 1 atom stereocenters. The molecule has 11 heteroatoms. The molecule has 1 aliphatic heterocycles. The lowest BCUT2D eigenvalue weighted by Gasteiger charge is -2.22. The SMILES string of the molecule is O=S(=O)(CC1CCOCC1)C1=CCC(S(=O)(=O)N=Cc2ccccc2OC(F)F)C=C1. The zero-order chi connectivity index (χ0) is 22.5. The smallest absolute Gasteiger partial charge is 0.387 e. The number of sulfonamides is 1. The van der Waals surface area contributed by atoms with Gasteiger partial charge >= 0.3 is 6.61 Å². The third-order valence-corrected chi connectivity index (χ3v) is 8.48. The lowest BCUT2D eigenvalue weighted by molar-refractivity contribution is -0.0499. The van der Waals surface area contributed by atoms with Gasteiger partial charge in [-0.15, -0.1) is 0 Å². The Kier molecular flexibility index (Phi) is 7.60. The Hall–Kier alpha value is -2.11. The molecule has 1 unspecified atom stereocenters. The molecule has 7 nitrogen and oxygen atoms in total. The summed E-state index contributed by atoms with van der Waals surface area (Å²) in [4.78, 5) is 0.102. The van der Waals surface area contributed by atoms with E-state index in [1.807, 2.05) is 0 Å². The molecular formula is C20H23F2NO6S2. The number of nitrogens with zero attached hydrogens (tertiary/aromatic N) is 1. The molecule has 0 spiro atoms. The van der Waals surface area contributed by atoms with Gasteiger partial charge < -0.3 is 9.47 Å². The Labute approximate surface area is 180 Å². The van der Waals surface area contributed by atoms with Crippen LogP contribution in [0.15, 0.2) is 51.8 Å². The van der Waals surface area contributed by atoms with Crippen molar-refractivity contribution in [3.05, 3.63) is 53.0 Å². The van der Waals surface area contributed by atoms with Crippen molar-refractivity contribution in [1.29, 1.82) is 0 Å². The minimum Gasteiger partial charge on any atom is -0.434 e. The molecule has 3 rings (SSSR count). The fraction of sp³-hybridized carbons (Fsp3) is 0.450. The fourth-order valence-corrected chi connectivity index (χ4v) is 6.17. The number of benzene rings is 1. The summed E-state index contributed by atoms with van der Waals surface area (Å²) in [5.74, 6) is -0.171. The Morgan fingerprint density at radius 1 is 1.16 bits per heavy atom. The highest BCUT2D eigenvalue weighted by Crippen LogP contribution is 2.26. The number of rotatable bonds is 8. The summed E-state index contributed by atoms with van der Waals surface area (Å²) in [6.45, 7) is -1.98. The van der Waals surface area contributed by atoms with Crippen LogP contribution in [0.4, 0.5) is 8.78 Å². The number of para-hydroxylation sites is 1. The van der Waals surface area contributed by atoms with Crippen LogP contribution in [0.5, 0.6) is 5.75 Å². The Morgan fingerprint density at radius 3 is 2.52 bits per heavy atom. The first kappa shape index (κ1) is 23.6. The van der Waals surface area contributed by atoms with Crippen molar-refractivity contribution in [2.75, 3.05) is 19.0 Å². The standard InChI is InChI=1S/C20H23F2NO6S2/c21-20(22)29-19-4-2-1-3-16(19)13-23-31(26,27)18-7-5-17(6-8-18)30(24,25)14-15-9-11-28-12-10-15/h1-7,13,15,18,20H,8-12,14H2. The normalized spacial score (nSPS) is 20.9. The van der Waals surface area contributed by atoms with Crippen LogP contribution >= 0.6 is 0 Å². The van der Waals surface area contributed by atoms with Crippen molar-refractivity contribution in [3.8, 4) is 5.75 Å². The zero-order valence-electron chi connectivity index (χ0n) is 16.6. The highest BCUT2D eigenvalue weighted by atomic mass is 32.2. The quantitative estimate of drug-likeness (QED) is 0.536. The van der Waals surface area contributed by atoms with Crippen LogP contribution in [-0.4, -0.2) is 53.9 Å². The molecule has 31 heavy (non-hydrogen) atoms. The van der Waals surface area contributed by atoms with Gasteiger partial charge in [0.1, 0.15) is 11.0 Å². The predicted molar refractivity (Wildman–Crippen MR) is 113 cm³/mol. The molecule has 0 aromatic heterocycles. The van der Waals surface area contributed by atoms with Crippen LogP contribution in [-0.2, 0) is 24.6 Å². The summed E-state index contributed by atoms with van der Waals surface area (Å²) in [5.41, 5.74) is 0.0847. The van der Waals surface area contributed by atoms with Crippen molar-refractivity contribution in [1.82, 2.24) is 0 Å². The maximum atomic E-state index is 12.6. The van der Waals surface area contributed by atoms with Crippen molar-refractivity contribution in [2.45, 2.75) is 31.1 Å². The van der Waals surface area contributed by atoms with Crippen molar-refractivity contribution >= 4 is 26.1 Å². The van der Waals surface area contributed by atoms with E-state index in [1.54, 1.807) is 0 Å². The summed E-state index contributed by atoms with van der Waals surface area (Å²) in [7, 11) is -7.57. The van der Waals surface area contributed by atoms with E-state index in [2.05, 4.69) is 9.13 Å². The molecule has 0 bridgehead atoms. The summed E-state index contributed by atoms with van der Waals surface area (Å²) >= 11 is 0. The van der Waals surface area contributed by atoms with E-state index in [1.165, 1.54) is 42.5 Å². The van der Waals surface area contributed by atoms with E-state index in [0.717, 1.165) is 6.21 Å². The van der Waals surface area contributed by atoms with E-state index in [9.17, 15) is 25.6 Å². The first-order chi connectivity index (χ1) is 14.7. The van der Waals surface area contributed by atoms with Crippen LogP contribution in [0, 0.1) is 5.92 Å². The van der Waals surface area contributed by atoms with Gasteiger partial charge in [0.25, 0.3) is 10.0 Å². The summed E-state index contributed by atoms with van der Waals surface area (Å²) in [6, 6.07) is 5.68. The average molecular weight is 476 g/mol. The number of sulfone groups is 1. The van der Waals surface area contributed by atoms with Gasteiger partial charge in [-0.1, -0.05) is 24.3 Å². The number of hydrogen-bond donors (Lipinski definition) is 0. The Bertz CT molecular complexity index is 1070. The molecular weight excluding hydrogens is 452 g/mol. The lowest BCUT2D eigenvalue weighted by Crippen LogP contribution is -2.25. The molecule has 1 heterocycles.